The fraction of sp³-hybridized carbons (Fsp3) is 0.808. The minimum atomic E-state index is -0.794. The topological polar surface area (TPSA) is 95.9 Å². The maximum atomic E-state index is 13.2. The zero-order chi connectivity index (χ0) is 42.4. The molecule has 3 unspecified atom stereocenters. The predicted octanol–water partition coefficient (Wildman–Crippen LogP) is 14.7. The smallest absolute Gasteiger partial charge is 0.306 e. The van der Waals surface area contributed by atoms with E-state index in [4.69, 9.17) is 4.74 Å². The Kier molecular flexibility index (Phi) is 44.2. The van der Waals surface area contributed by atoms with Crippen LogP contribution in [0.4, 0.5) is 0 Å². The number of carbonyl (C=O) groups is 2. The number of aliphatic hydroxyl groups excluding tert-OH is 2. The van der Waals surface area contributed by atoms with Crippen LogP contribution in [0.25, 0.3) is 0 Å². The van der Waals surface area contributed by atoms with Crippen molar-refractivity contribution in [2.75, 3.05) is 6.61 Å². The molecule has 0 spiro atoms. The van der Waals surface area contributed by atoms with E-state index >= 15 is 0 Å². The molecule has 3 atom stereocenters. The van der Waals surface area contributed by atoms with Crippen molar-refractivity contribution in [2.24, 2.45) is 0 Å². The quantitative estimate of drug-likeness (QED) is 0.0323. The lowest BCUT2D eigenvalue weighted by molar-refractivity contribution is -0.151. The van der Waals surface area contributed by atoms with Gasteiger partial charge in [0.1, 0.15) is 6.10 Å². The van der Waals surface area contributed by atoms with Crippen molar-refractivity contribution >= 4 is 11.9 Å². The minimum Gasteiger partial charge on any atom is -0.462 e. The van der Waals surface area contributed by atoms with E-state index in [0.29, 0.717) is 19.3 Å². The Morgan fingerprint density at radius 1 is 0.517 bits per heavy atom. The summed E-state index contributed by atoms with van der Waals surface area (Å²) >= 11 is 0. The summed E-state index contributed by atoms with van der Waals surface area (Å²) in [7, 11) is 0. The van der Waals surface area contributed by atoms with Gasteiger partial charge in [-0.1, -0.05) is 204 Å². The number of hydrogen-bond donors (Lipinski definition) is 3. The molecule has 0 fully saturated rings. The number of rotatable bonds is 44. The SMILES string of the molecule is CC/C=C/C/C=C/C/C=C/CCCCCCC(CC(=O)NC(CO)C(O)CCCCCCCCCCCCCCCC)OC(=O)CCCCCCC/C=C\CCCC. The van der Waals surface area contributed by atoms with Crippen LogP contribution >= 0.6 is 0 Å². The summed E-state index contributed by atoms with van der Waals surface area (Å²) in [6, 6.07) is -0.709. The van der Waals surface area contributed by atoms with E-state index in [-0.39, 0.29) is 24.9 Å². The van der Waals surface area contributed by atoms with Gasteiger partial charge in [-0.3, -0.25) is 9.59 Å². The van der Waals surface area contributed by atoms with Crippen LogP contribution in [0, 0.1) is 0 Å². The van der Waals surface area contributed by atoms with Crippen LogP contribution in [0.15, 0.2) is 48.6 Å². The number of nitrogens with one attached hydrogen (secondary N) is 1. The molecule has 0 aliphatic rings. The summed E-state index contributed by atoms with van der Waals surface area (Å²) in [5.74, 6) is -0.505. The van der Waals surface area contributed by atoms with E-state index in [9.17, 15) is 19.8 Å². The molecule has 0 rings (SSSR count). The van der Waals surface area contributed by atoms with Crippen molar-refractivity contribution in [3.8, 4) is 0 Å². The number of allylic oxidation sites excluding steroid dienone is 8. The highest BCUT2D eigenvalue weighted by molar-refractivity contribution is 5.77. The number of amides is 1. The van der Waals surface area contributed by atoms with Crippen molar-refractivity contribution < 1.29 is 24.5 Å². The fourth-order valence-corrected chi connectivity index (χ4v) is 7.37. The van der Waals surface area contributed by atoms with Gasteiger partial charge in [-0.15, -0.1) is 0 Å². The Balaban J connectivity index is 4.60. The summed E-state index contributed by atoms with van der Waals surface area (Å²) < 4.78 is 5.90. The second-order valence-electron chi connectivity index (χ2n) is 16.8. The van der Waals surface area contributed by atoms with E-state index < -0.39 is 18.2 Å². The Labute approximate surface area is 359 Å². The summed E-state index contributed by atoms with van der Waals surface area (Å²) in [6.07, 6.45) is 54.5. The standard InChI is InChI=1S/C52H95NO5/c1-4-7-10-13-16-19-22-24-26-29-31-34-37-40-43-48(58-52(57)45-42-39-36-33-28-21-18-15-12-9-6-3)46-51(56)53-49(47-54)50(55)44-41-38-35-32-30-27-25-23-20-17-14-11-8-5-2/h7,10,15-16,18-19,24,26,48-50,54-55H,4-6,8-9,11-14,17,20-23,25,27-47H2,1-3H3,(H,53,56)/b10-7+,18-15-,19-16+,26-24+. The number of ether oxygens (including phenoxy) is 1. The van der Waals surface area contributed by atoms with Crippen molar-refractivity contribution in [3.05, 3.63) is 48.6 Å². The Bertz CT molecular complexity index is 1000. The fourth-order valence-electron chi connectivity index (χ4n) is 7.37. The molecule has 0 radical (unpaired) electrons. The summed E-state index contributed by atoms with van der Waals surface area (Å²) in [5, 5.41) is 23.7. The first kappa shape index (κ1) is 55.8. The monoisotopic (exact) mass is 814 g/mol. The molecule has 0 saturated carbocycles. The second-order valence-corrected chi connectivity index (χ2v) is 16.8. The molecule has 3 N–H and O–H groups in total. The molecule has 338 valence electrons. The lowest BCUT2D eigenvalue weighted by atomic mass is 10.0. The third-order valence-electron chi connectivity index (χ3n) is 11.1. The van der Waals surface area contributed by atoms with Crippen LogP contribution in [0.2, 0.25) is 0 Å². The molecule has 6 heteroatoms. The largest absolute Gasteiger partial charge is 0.462 e. The summed E-state index contributed by atoms with van der Waals surface area (Å²) in [6.45, 7) is 6.33. The molecular weight excluding hydrogens is 719 g/mol. The predicted molar refractivity (Wildman–Crippen MR) is 250 cm³/mol. The Morgan fingerprint density at radius 3 is 1.48 bits per heavy atom. The van der Waals surface area contributed by atoms with Crippen molar-refractivity contribution in [3.63, 3.8) is 0 Å². The third kappa shape index (κ3) is 40.6. The molecule has 1 amide bonds. The average molecular weight is 814 g/mol. The number of carbonyl (C=O) groups excluding carboxylic acids is 2. The van der Waals surface area contributed by atoms with Gasteiger partial charge in [-0.25, -0.2) is 0 Å². The van der Waals surface area contributed by atoms with E-state index in [2.05, 4.69) is 74.7 Å². The van der Waals surface area contributed by atoms with E-state index in [1.165, 1.54) is 103 Å². The lowest BCUT2D eigenvalue weighted by Gasteiger charge is -2.24. The van der Waals surface area contributed by atoms with Crippen LogP contribution in [-0.4, -0.2) is 46.9 Å². The normalized spacial score (nSPS) is 13.7. The van der Waals surface area contributed by atoms with Gasteiger partial charge in [0.15, 0.2) is 0 Å². The maximum absolute atomic E-state index is 13.2. The molecule has 0 aromatic rings. The third-order valence-corrected chi connectivity index (χ3v) is 11.1. The van der Waals surface area contributed by atoms with Gasteiger partial charge in [-0.05, 0) is 77.0 Å². The molecule has 0 aliphatic carbocycles. The second kappa shape index (κ2) is 45.9. The highest BCUT2D eigenvalue weighted by Gasteiger charge is 2.24. The van der Waals surface area contributed by atoms with Gasteiger partial charge in [0, 0.05) is 6.42 Å². The number of aliphatic hydroxyl groups is 2. The molecule has 0 heterocycles. The zero-order valence-electron chi connectivity index (χ0n) is 38.4. The van der Waals surface area contributed by atoms with Crippen LogP contribution < -0.4 is 5.32 Å². The maximum Gasteiger partial charge on any atom is 0.306 e. The Hall–Kier alpha value is -2.18. The molecule has 0 aromatic heterocycles. The molecular formula is C52H95NO5. The van der Waals surface area contributed by atoms with Crippen molar-refractivity contribution in [1.82, 2.24) is 5.32 Å². The van der Waals surface area contributed by atoms with Crippen LogP contribution in [0.5, 0.6) is 0 Å². The van der Waals surface area contributed by atoms with E-state index in [1.807, 2.05) is 0 Å². The molecule has 6 nitrogen and oxygen atoms in total. The highest BCUT2D eigenvalue weighted by atomic mass is 16.5. The van der Waals surface area contributed by atoms with Crippen molar-refractivity contribution in [1.29, 1.82) is 0 Å². The number of esters is 1. The molecule has 0 saturated heterocycles. The van der Waals surface area contributed by atoms with Gasteiger partial charge >= 0.3 is 5.97 Å². The van der Waals surface area contributed by atoms with E-state index in [1.54, 1.807) is 0 Å². The summed E-state index contributed by atoms with van der Waals surface area (Å²) in [5.41, 5.74) is 0. The van der Waals surface area contributed by atoms with Crippen LogP contribution in [0.1, 0.15) is 245 Å². The number of unbranched alkanes of at least 4 members (excludes halogenated alkanes) is 24. The zero-order valence-corrected chi connectivity index (χ0v) is 38.4. The molecule has 0 aliphatic heterocycles. The first-order valence-electron chi connectivity index (χ1n) is 24.9. The van der Waals surface area contributed by atoms with Gasteiger partial charge in [0.2, 0.25) is 5.91 Å². The lowest BCUT2D eigenvalue weighted by Crippen LogP contribution is -2.46. The molecule has 0 bridgehead atoms. The van der Waals surface area contributed by atoms with Crippen LogP contribution in [0.3, 0.4) is 0 Å². The van der Waals surface area contributed by atoms with Gasteiger partial charge in [0.05, 0.1) is 25.2 Å². The van der Waals surface area contributed by atoms with Gasteiger partial charge < -0.3 is 20.3 Å². The first-order chi connectivity index (χ1) is 28.5. The van der Waals surface area contributed by atoms with Crippen molar-refractivity contribution in [2.45, 2.75) is 264 Å². The Morgan fingerprint density at radius 2 is 0.948 bits per heavy atom. The minimum absolute atomic E-state index is 0.0596. The van der Waals surface area contributed by atoms with Gasteiger partial charge in [-0.2, -0.15) is 0 Å². The molecule has 58 heavy (non-hydrogen) atoms. The van der Waals surface area contributed by atoms with Gasteiger partial charge in [0.25, 0.3) is 0 Å². The number of hydrogen-bond acceptors (Lipinski definition) is 5. The van der Waals surface area contributed by atoms with E-state index in [0.717, 1.165) is 96.3 Å². The average Bonchev–Trinajstić information content (AvgIpc) is 3.22. The molecule has 0 aromatic carbocycles. The highest BCUT2D eigenvalue weighted by Crippen LogP contribution is 2.17. The first-order valence-corrected chi connectivity index (χ1v) is 24.9. The summed E-state index contributed by atoms with van der Waals surface area (Å²) in [4.78, 5) is 26.1. The van der Waals surface area contributed by atoms with Crippen LogP contribution in [-0.2, 0) is 14.3 Å².